The van der Waals surface area contributed by atoms with Crippen LogP contribution in [0.25, 0.3) is 0 Å². The second kappa shape index (κ2) is 7.97. The number of carbonyl (C=O) groups is 2. The fourth-order valence-electron chi connectivity index (χ4n) is 2.70. The largest absolute Gasteiger partial charge is 0.352 e. The van der Waals surface area contributed by atoms with Crippen LogP contribution in [0.4, 0.5) is 0 Å². The molecular weight excluding hydrogens is 276 g/mol. The van der Waals surface area contributed by atoms with Gasteiger partial charge >= 0.3 is 0 Å². The molecule has 0 bridgehead atoms. The number of carbonyl (C=O) groups excluding carboxylic acids is 2. The van der Waals surface area contributed by atoms with Crippen molar-refractivity contribution in [1.82, 2.24) is 10.6 Å². The molecule has 1 aliphatic carbocycles. The predicted molar refractivity (Wildman–Crippen MR) is 87.5 cm³/mol. The van der Waals surface area contributed by atoms with Crippen LogP contribution in [0.1, 0.15) is 61.9 Å². The quantitative estimate of drug-likeness (QED) is 0.848. The molecule has 0 heterocycles. The van der Waals surface area contributed by atoms with Crippen LogP contribution in [-0.4, -0.2) is 17.9 Å². The second-order valence-electron chi connectivity index (χ2n) is 6.18. The fraction of sp³-hybridized carbons (Fsp3) is 0.556. The minimum absolute atomic E-state index is 0.0455. The van der Waals surface area contributed by atoms with Gasteiger partial charge in [0.05, 0.1) is 0 Å². The number of amides is 2. The van der Waals surface area contributed by atoms with Crippen molar-refractivity contribution in [2.24, 2.45) is 5.92 Å². The van der Waals surface area contributed by atoms with Gasteiger partial charge in [-0.2, -0.15) is 0 Å². The number of hydrogen-bond acceptors (Lipinski definition) is 2. The van der Waals surface area contributed by atoms with Crippen LogP contribution in [0.15, 0.2) is 24.3 Å². The smallest absolute Gasteiger partial charge is 0.251 e. The van der Waals surface area contributed by atoms with Gasteiger partial charge in [-0.05, 0) is 43.9 Å². The van der Waals surface area contributed by atoms with Crippen molar-refractivity contribution in [2.45, 2.75) is 58.5 Å². The average molecular weight is 302 g/mol. The molecule has 4 nitrogen and oxygen atoms in total. The summed E-state index contributed by atoms with van der Waals surface area (Å²) in [5, 5.41) is 5.94. The zero-order valence-electron chi connectivity index (χ0n) is 13.5. The molecule has 0 aliphatic heterocycles. The SMILES string of the molecule is CCC(C)NC(=O)c1ccc(CNC(=O)C2CCCC2)cc1. The fourth-order valence-corrected chi connectivity index (χ4v) is 2.70. The van der Waals surface area contributed by atoms with Crippen LogP contribution in [0, 0.1) is 5.92 Å². The summed E-state index contributed by atoms with van der Waals surface area (Å²) in [6.07, 6.45) is 5.27. The molecule has 0 radical (unpaired) electrons. The van der Waals surface area contributed by atoms with Crippen LogP contribution in [-0.2, 0) is 11.3 Å². The highest BCUT2D eigenvalue weighted by atomic mass is 16.2. The lowest BCUT2D eigenvalue weighted by molar-refractivity contribution is -0.124. The molecule has 2 N–H and O–H groups in total. The molecule has 1 aromatic rings. The van der Waals surface area contributed by atoms with Gasteiger partial charge in [-0.25, -0.2) is 0 Å². The standard InChI is InChI=1S/C18H26N2O2/c1-3-13(2)20-18(22)16-10-8-14(9-11-16)12-19-17(21)15-6-4-5-7-15/h8-11,13,15H,3-7,12H2,1-2H3,(H,19,21)(H,20,22). The van der Waals surface area contributed by atoms with E-state index in [1.54, 1.807) is 0 Å². The number of rotatable bonds is 6. The van der Waals surface area contributed by atoms with Crippen molar-refractivity contribution < 1.29 is 9.59 Å². The van der Waals surface area contributed by atoms with Crippen molar-refractivity contribution in [1.29, 1.82) is 0 Å². The molecule has 1 saturated carbocycles. The number of hydrogen-bond donors (Lipinski definition) is 2. The Kier molecular flexibility index (Phi) is 5.99. The monoisotopic (exact) mass is 302 g/mol. The first-order valence-corrected chi connectivity index (χ1v) is 8.27. The zero-order chi connectivity index (χ0) is 15.9. The van der Waals surface area contributed by atoms with Gasteiger partial charge in [0.25, 0.3) is 5.91 Å². The first-order valence-electron chi connectivity index (χ1n) is 8.27. The minimum Gasteiger partial charge on any atom is -0.352 e. The lowest BCUT2D eigenvalue weighted by atomic mass is 10.1. The van der Waals surface area contributed by atoms with Crippen molar-refractivity contribution in [3.05, 3.63) is 35.4 Å². The molecule has 22 heavy (non-hydrogen) atoms. The van der Waals surface area contributed by atoms with E-state index in [0.29, 0.717) is 12.1 Å². The Bertz CT molecular complexity index is 504. The van der Waals surface area contributed by atoms with E-state index >= 15 is 0 Å². The molecule has 0 aromatic heterocycles. The summed E-state index contributed by atoms with van der Waals surface area (Å²) in [4.78, 5) is 24.0. The molecule has 2 rings (SSSR count). The highest BCUT2D eigenvalue weighted by molar-refractivity contribution is 5.94. The molecule has 1 atom stereocenters. The molecular formula is C18H26N2O2. The van der Waals surface area contributed by atoms with E-state index in [9.17, 15) is 9.59 Å². The number of benzene rings is 1. The van der Waals surface area contributed by atoms with E-state index in [-0.39, 0.29) is 23.8 Å². The van der Waals surface area contributed by atoms with Crippen molar-refractivity contribution in [2.75, 3.05) is 0 Å². The lowest BCUT2D eigenvalue weighted by Crippen LogP contribution is -2.32. The Morgan fingerprint density at radius 3 is 2.41 bits per heavy atom. The normalized spacial score (nSPS) is 16.3. The summed E-state index contributed by atoms with van der Waals surface area (Å²) in [5.41, 5.74) is 1.68. The molecule has 1 aliphatic rings. The van der Waals surface area contributed by atoms with E-state index in [4.69, 9.17) is 0 Å². The predicted octanol–water partition coefficient (Wildman–Crippen LogP) is 3.02. The van der Waals surface area contributed by atoms with Gasteiger partial charge < -0.3 is 10.6 Å². The molecule has 2 amide bonds. The van der Waals surface area contributed by atoms with Crippen LogP contribution >= 0.6 is 0 Å². The van der Waals surface area contributed by atoms with Crippen molar-refractivity contribution in [3.63, 3.8) is 0 Å². The Hall–Kier alpha value is -1.84. The van der Waals surface area contributed by atoms with Crippen LogP contribution in [0.2, 0.25) is 0 Å². The molecule has 0 spiro atoms. The molecule has 1 aromatic carbocycles. The Labute approximate surface area is 132 Å². The summed E-state index contributed by atoms with van der Waals surface area (Å²) in [7, 11) is 0. The second-order valence-corrected chi connectivity index (χ2v) is 6.18. The first kappa shape index (κ1) is 16.5. The third-order valence-corrected chi connectivity index (χ3v) is 4.40. The topological polar surface area (TPSA) is 58.2 Å². The molecule has 120 valence electrons. The average Bonchev–Trinajstić information content (AvgIpc) is 3.07. The van der Waals surface area contributed by atoms with E-state index < -0.39 is 0 Å². The molecule has 1 fully saturated rings. The maximum atomic E-state index is 12.0. The highest BCUT2D eigenvalue weighted by Crippen LogP contribution is 2.24. The summed E-state index contributed by atoms with van der Waals surface area (Å²) >= 11 is 0. The van der Waals surface area contributed by atoms with Crippen LogP contribution < -0.4 is 10.6 Å². The summed E-state index contributed by atoms with van der Waals surface area (Å²) in [6.45, 7) is 4.56. The summed E-state index contributed by atoms with van der Waals surface area (Å²) < 4.78 is 0. The number of nitrogens with one attached hydrogen (secondary N) is 2. The Morgan fingerprint density at radius 1 is 1.18 bits per heavy atom. The van der Waals surface area contributed by atoms with Crippen molar-refractivity contribution in [3.8, 4) is 0 Å². The maximum Gasteiger partial charge on any atom is 0.251 e. The first-order chi connectivity index (χ1) is 10.6. The van der Waals surface area contributed by atoms with Crippen LogP contribution in [0.5, 0.6) is 0 Å². The Morgan fingerprint density at radius 2 is 1.82 bits per heavy atom. The van der Waals surface area contributed by atoms with Crippen LogP contribution in [0.3, 0.4) is 0 Å². The summed E-state index contributed by atoms with van der Waals surface area (Å²) in [6, 6.07) is 7.61. The molecule has 0 saturated heterocycles. The van der Waals surface area contributed by atoms with E-state index in [2.05, 4.69) is 10.6 Å². The van der Waals surface area contributed by atoms with E-state index in [1.807, 2.05) is 38.1 Å². The van der Waals surface area contributed by atoms with Gasteiger partial charge in [-0.3, -0.25) is 9.59 Å². The van der Waals surface area contributed by atoms with Gasteiger partial charge in [0.1, 0.15) is 0 Å². The van der Waals surface area contributed by atoms with E-state index in [1.165, 1.54) is 0 Å². The Balaban J connectivity index is 1.83. The van der Waals surface area contributed by atoms with Gasteiger partial charge in [0, 0.05) is 24.1 Å². The van der Waals surface area contributed by atoms with Gasteiger partial charge in [-0.15, -0.1) is 0 Å². The van der Waals surface area contributed by atoms with Gasteiger partial charge in [-0.1, -0.05) is 31.9 Å². The summed E-state index contributed by atoms with van der Waals surface area (Å²) in [5.74, 6) is 0.313. The molecule has 4 heteroatoms. The highest BCUT2D eigenvalue weighted by Gasteiger charge is 2.22. The molecule has 1 unspecified atom stereocenters. The zero-order valence-corrected chi connectivity index (χ0v) is 13.5. The van der Waals surface area contributed by atoms with E-state index in [0.717, 1.165) is 37.7 Å². The third kappa shape index (κ3) is 4.58. The third-order valence-electron chi connectivity index (χ3n) is 4.40. The lowest BCUT2D eigenvalue weighted by Gasteiger charge is -2.12. The van der Waals surface area contributed by atoms with Crippen molar-refractivity contribution >= 4 is 11.8 Å². The minimum atomic E-state index is -0.0455. The van der Waals surface area contributed by atoms with Gasteiger partial charge in [0.15, 0.2) is 0 Å². The maximum absolute atomic E-state index is 12.0. The van der Waals surface area contributed by atoms with Gasteiger partial charge in [0.2, 0.25) is 5.91 Å².